The van der Waals surface area contributed by atoms with Crippen molar-refractivity contribution < 1.29 is 9.90 Å². The smallest absolute Gasteiger partial charge is 0.323 e. The molecule has 0 aliphatic rings. The zero-order valence-corrected chi connectivity index (χ0v) is 9.29. The Labute approximate surface area is 89.7 Å². The quantitative estimate of drug-likeness (QED) is 0.260. The highest BCUT2D eigenvalue weighted by atomic mass is 16.4. The Morgan fingerprint density at radius 2 is 2.07 bits per heavy atom. The number of likely N-dealkylation sites (N-methyl/N-ethyl adjacent to an activating group) is 1. The molecule has 0 saturated heterocycles. The van der Waals surface area contributed by atoms with E-state index in [4.69, 9.17) is 16.6 Å². The Kier molecular flexibility index (Phi) is 5.69. The number of guanidine groups is 1. The number of nitrogens with one attached hydrogen (secondary N) is 1. The van der Waals surface area contributed by atoms with Gasteiger partial charge in [0.05, 0.1) is 0 Å². The molecule has 88 valence electrons. The van der Waals surface area contributed by atoms with E-state index in [1.807, 2.05) is 0 Å². The molecule has 6 N–H and O–H groups in total. The van der Waals surface area contributed by atoms with Gasteiger partial charge in [-0.1, -0.05) is 0 Å². The van der Waals surface area contributed by atoms with Crippen LogP contribution in [0.4, 0.5) is 0 Å². The molecule has 0 bridgehead atoms. The summed E-state index contributed by atoms with van der Waals surface area (Å²) in [4.78, 5) is 14.7. The maximum absolute atomic E-state index is 10.9. The predicted molar refractivity (Wildman–Crippen MR) is 59.6 cm³/mol. The van der Waals surface area contributed by atoms with Crippen LogP contribution in [0.3, 0.4) is 0 Å². The molecule has 0 saturated carbocycles. The number of carbonyl (C=O) groups is 1. The summed E-state index contributed by atoms with van der Waals surface area (Å²) < 4.78 is 0. The molecule has 0 aromatic rings. The minimum absolute atomic E-state index is 0.0737. The number of hydrogen-bond donors (Lipinski definition) is 4. The van der Waals surface area contributed by atoms with Crippen LogP contribution in [0.25, 0.3) is 0 Å². The standard InChI is InChI=1S/C9H20N4O2/c1-9(12-2,7(14)15)5-3-4-6-13-8(10)11/h12H,3-6H2,1-2H3,(H,14,15)(H4,10,11,13). The van der Waals surface area contributed by atoms with Crippen LogP contribution in [0.5, 0.6) is 0 Å². The first-order chi connectivity index (χ1) is 6.92. The van der Waals surface area contributed by atoms with Gasteiger partial charge in [-0.3, -0.25) is 9.79 Å². The Bertz CT molecular complexity index is 238. The van der Waals surface area contributed by atoms with Crippen molar-refractivity contribution in [1.29, 1.82) is 0 Å². The SMILES string of the molecule is CNC(C)(CCCCN=C(N)N)C(=O)O. The lowest BCUT2D eigenvalue weighted by Gasteiger charge is -2.23. The molecular formula is C9H20N4O2. The van der Waals surface area contributed by atoms with Crippen molar-refractivity contribution in [3.63, 3.8) is 0 Å². The van der Waals surface area contributed by atoms with Crippen LogP contribution in [0.2, 0.25) is 0 Å². The molecule has 0 heterocycles. The Morgan fingerprint density at radius 1 is 1.47 bits per heavy atom. The van der Waals surface area contributed by atoms with Crippen molar-refractivity contribution >= 4 is 11.9 Å². The molecule has 0 aliphatic heterocycles. The molecule has 6 nitrogen and oxygen atoms in total. The first-order valence-corrected chi connectivity index (χ1v) is 4.90. The van der Waals surface area contributed by atoms with E-state index in [0.29, 0.717) is 13.0 Å². The van der Waals surface area contributed by atoms with E-state index in [1.54, 1.807) is 14.0 Å². The molecule has 0 aliphatic carbocycles. The third kappa shape index (κ3) is 5.21. The summed E-state index contributed by atoms with van der Waals surface area (Å²) in [6.07, 6.45) is 2.10. The summed E-state index contributed by atoms with van der Waals surface area (Å²) in [6, 6.07) is 0. The summed E-state index contributed by atoms with van der Waals surface area (Å²) in [7, 11) is 1.64. The number of carboxylic acids is 1. The van der Waals surface area contributed by atoms with E-state index < -0.39 is 11.5 Å². The zero-order chi connectivity index (χ0) is 11.9. The van der Waals surface area contributed by atoms with Crippen LogP contribution in [0.15, 0.2) is 4.99 Å². The Hall–Kier alpha value is -1.30. The number of nitrogens with zero attached hydrogens (tertiary/aromatic N) is 1. The molecule has 0 fully saturated rings. The first kappa shape index (κ1) is 13.7. The number of carboxylic acid groups (broad SMARTS) is 1. The van der Waals surface area contributed by atoms with Gasteiger partial charge >= 0.3 is 5.97 Å². The average Bonchev–Trinajstić information content (AvgIpc) is 2.16. The molecule has 0 spiro atoms. The fourth-order valence-corrected chi connectivity index (χ4v) is 1.14. The van der Waals surface area contributed by atoms with Crippen LogP contribution in [0.1, 0.15) is 26.2 Å². The largest absolute Gasteiger partial charge is 0.480 e. The van der Waals surface area contributed by atoms with Gasteiger partial charge in [-0.2, -0.15) is 0 Å². The van der Waals surface area contributed by atoms with Gasteiger partial charge in [-0.05, 0) is 33.2 Å². The van der Waals surface area contributed by atoms with E-state index in [1.165, 1.54) is 0 Å². The van der Waals surface area contributed by atoms with E-state index in [2.05, 4.69) is 10.3 Å². The van der Waals surface area contributed by atoms with Gasteiger partial charge in [0, 0.05) is 6.54 Å². The van der Waals surface area contributed by atoms with Gasteiger partial charge in [0.2, 0.25) is 0 Å². The van der Waals surface area contributed by atoms with Gasteiger partial charge in [-0.25, -0.2) is 0 Å². The van der Waals surface area contributed by atoms with Crippen molar-refractivity contribution in [2.24, 2.45) is 16.5 Å². The third-order valence-corrected chi connectivity index (χ3v) is 2.40. The lowest BCUT2D eigenvalue weighted by Crippen LogP contribution is -2.47. The maximum Gasteiger partial charge on any atom is 0.323 e. The Morgan fingerprint density at radius 3 is 2.47 bits per heavy atom. The van der Waals surface area contributed by atoms with E-state index in [9.17, 15) is 4.79 Å². The second kappa shape index (κ2) is 6.23. The summed E-state index contributed by atoms with van der Waals surface area (Å²) in [5, 5.41) is 11.7. The van der Waals surface area contributed by atoms with Gasteiger partial charge in [-0.15, -0.1) is 0 Å². The minimum atomic E-state index is -0.863. The van der Waals surface area contributed by atoms with E-state index >= 15 is 0 Å². The molecule has 15 heavy (non-hydrogen) atoms. The van der Waals surface area contributed by atoms with Crippen molar-refractivity contribution in [2.45, 2.75) is 31.7 Å². The van der Waals surface area contributed by atoms with Crippen molar-refractivity contribution in [3.05, 3.63) is 0 Å². The lowest BCUT2D eigenvalue weighted by molar-refractivity contribution is -0.144. The number of hydrogen-bond acceptors (Lipinski definition) is 3. The van der Waals surface area contributed by atoms with Crippen LogP contribution in [-0.4, -0.2) is 36.2 Å². The number of aliphatic imine (C=N–C) groups is 1. The van der Waals surface area contributed by atoms with Crippen LogP contribution < -0.4 is 16.8 Å². The van der Waals surface area contributed by atoms with Crippen LogP contribution in [-0.2, 0) is 4.79 Å². The van der Waals surface area contributed by atoms with Crippen LogP contribution in [0, 0.1) is 0 Å². The summed E-state index contributed by atoms with van der Waals surface area (Å²) in [6.45, 7) is 2.21. The second-order valence-corrected chi connectivity index (χ2v) is 3.65. The Balaban J connectivity index is 3.84. The van der Waals surface area contributed by atoms with E-state index in [0.717, 1.165) is 12.8 Å². The molecule has 0 radical (unpaired) electrons. The number of unbranched alkanes of at least 4 members (excludes halogenated alkanes) is 1. The molecule has 1 unspecified atom stereocenters. The maximum atomic E-state index is 10.9. The minimum Gasteiger partial charge on any atom is -0.480 e. The highest BCUT2D eigenvalue weighted by Crippen LogP contribution is 2.13. The lowest BCUT2D eigenvalue weighted by atomic mass is 9.95. The molecule has 0 aromatic carbocycles. The second-order valence-electron chi connectivity index (χ2n) is 3.65. The normalized spacial score (nSPS) is 14.3. The fourth-order valence-electron chi connectivity index (χ4n) is 1.14. The van der Waals surface area contributed by atoms with Gasteiger partial charge in [0.25, 0.3) is 0 Å². The zero-order valence-electron chi connectivity index (χ0n) is 9.29. The number of nitrogens with two attached hydrogens (primary N) is 2. The van der Waals surface area contributed by atoms with Gasteiger partial charge in [0.15, 0.2) is 5.96 Å². The van der Waals surface area contributed by atoms with Gasteiger partial charge < -0.3 is 21.9 Å². The third-order valence-electron chi connectivity index (χ3n) is 2.40. The summed E-state index contributed by atoms with van der Waals surface area (Å²) >= 11 is 0. The molecule has 0 aromatic heterocycles. The van der Waals surface area contributed by atoms with Gasteiger partial charge in [0.1, 0.15) is 5.54 Å². The number of aliphatic carboxylic acids is 1. The van der Waals surface area contributed by atoms with E-state index in [-0.39, 0.29) is 5.96 Å². The predicted octanol–water partition coefficient (Wildman–Crippen LogP) is -0.507. The average molecular weight is 216 g/mol. The molecule has 0 amide bonds. The topological polar surface area (TPSA) is 114 Å². The van der Waals surface area contributed by atoms with Crippen molar-refractivity contribution in [2.75, 3.05) is 13.6 Å². The highest BCUT2D eigenvalue weighted by molar-refractivity contribution is 5.78. The van der Waals surface area contributed by atoms with Crippen LogP contribution >= 0.6 is 0 Å². The van der Waals surface area contributed by atoms with Crippen molar-refractivity contribution in [3.8, 4) is 0 Å². The molecule has 6 heteroatoms. The highest BCUT2D eigenvalue weighted by Gasteiger charge is 2.29. The molecule has 0 rings (SSSR count). The molecule has 1 atom stereocenters. The van der Waals surface area contributed by atoms with Crippen molar-refractivity contribution in [1.82, 2.24) is 5.32 Å². The number of rotatable bonds is 7. The summed E-state index contributed by atoms with van der Waals surface area (Å²) in [5.41, 5.74) is 9.45. The first-order valence-electron chi connectivity index (χ1n) is 4.90. The fraction of sp³-hybridized carbons (Fsp3) is 0.778. The summed E-state index contributed by atoms with van der Waals surface area (Å²) in [5.74, 6) is -0.767. The molecular weight excluding hydrogens is 196 g/mol. The monoisotopic (exact) mass is 216 g/mol.